The highest BCUT2D eigenvalue weighted by Crippen LogP contribution is 2.47. The summed E-state index contributed by atoms with van der Waals surface area (Å²) in [5.74, 6) is 0.000989. The van der Waals surface area contributed by atoms with Crippen LogP contribution in [0, 0.1) is 23.7 Å². The van der Waals surface area contributed by atoms with Crippen molar-refractivity contribution in [2.45, 2.75) is 26.2 Å². The van der Waals surface area contributed by atoms with E-state index >= 15 is 0 Å². The van der Waals surface area contributed by atoms with Crippen LogP contribution in [0.5, 0.6) is 0 Å². The quantitative estimate of drug-likeness (QED) is 0.354. The van der Waals surface area contributed by atoms with Gasteiger partial charge in [0, 0.05) is 5.69 Å². The molecule has 0 aromatic carbocycles. The van der Waals surface area contributed by atoms with Crippen molar-refractivity contribution in [2.24, 2.45) is 16.3 Å². The molecule has 0 radical (unpaired) electrons. The number of nitrogens with two attached hydrogens (primary N) is 1. The van der Waals surface area contributed by atoms with Gasteiger partial charge in [-0.15, -0.1) is 0 Å². The van der Waals surface area contributed by atoms with Crippen LogP contribution in [0.25, 0.3) is 0 Å². The monoisotopic (exact) mass is 230 g/mol. The van der Waals surface area contributed by atoms with E-state index in [9.17, 15) is 0 Å². The van der Waals surface area contributed by atoms with Crippen LogP contribution in [-0.4, -0.2) is 16.0 Å². The van der Waals surface area contributed by atoms with Gasteiger partial charge in [-0.25, -0.2) is 4.98 Å². The second kappa shape index (κ2) is 4.06. The van der Waals surface area contributed by atoms with Gasteiger partial charge in [0.25, 0.3) is 0 Å². The summed E-state index contributed by atoms with van der Waals surface area (Å²) in [7, 11) is 0. The first-order chi connectivity index (χ1) is 8.10. The number of hydrogen-bond acceptors (Lipinski definition) is 4. The van der Waals surface area contributed by atoms with Gasteiger partial charge in [-0.1, -0.05) is 11.2 Å². The summed E-state index contributed by atoms with van der Waals surface area (Å²) >= 11 is 0. The Kier molecular flexibility index (Phi) is 2.72. The summed E-state index contributed by atoms with van der Waals surface area (Å²) in [5, 5.41) is 20.5. The standard InChI is InChI=1S/C12H14N4O/c1-8-9(6-12(7-13)4-5-12)2-3-10(15-8)11(14)16-17/h2-3,17H,4-6H2,1H3,(H2,14,16). The van der Waals surface area contributed by atoms with Crippen LogP contribution in [0.15, 0.2) is 17.3 Å². The fraction of sp³-hybridized carbons (Fsp3) is 0.417. The summed E-state index contributed by atoms with van der Waals surface area (Å²) in [6.07, 6.45) is 2.66. The summed E-state index contributed by atoms with van der Waals surface area (Å²) in [6.45, 7) is 1.87. The van der Waals surface area contributed by atoms with Crippen LogP contribution in [0.2, 0.25) is 0 Å². The van der Waals surface area contributed by atoms with Crippen LogP contribution < -0.4 is 5.73 Å². The number of amidine groups is 1. The lowest BCUT2D eigenvalue weighted by molar-refractivity contribution is 0.318. The Morgan fingerprint density at radius 3 is 2.82 bits per heavy atom. The minimum atomic E-state index is -0.176. The minimum Gasteiger partial charge on any atom is -0.409 e. The van der Waals surface area contributed by atoms with E-state index in [2.05, 4.69) is 16.2 Å². The van der Waals surface area contributed by atoms with E-state index in [-0.39, 0.29) is 11.3 Å². The smallest absolute Gasteiger partial charge is 0.188 e. The van der Waals surface area contributed by atoms with Crippen LogP contribution in [0.1, 0.15) is 29.8 Å². The molecule has 0 saturated heterocycles. The van der Waals surface area contributed by atoms with Gasteiger partial charge in [0.05, 0.1) is 11.5 Å². The number of oxime groups is 1. The molecule has 2 rings (SSSR count). The molecule has 1 heterocycles. The predicted molar refractivity (Wildman–Crippen MR) is 62.5 cm³/mol. The Bertz CT molecular complexity index is 512. The molecule has 0 atom stereocenters. The SMILES string of the molecule is Cc1nc(C(N)=NO)ccc1CC1(C#N)CC1. The molecule has 1 aromatic rings. The molecular weight excluding hydrogens is 216 g/mol. The molecule has 1 saturated carbocycles. The van der Waals surface area contributed by atoms with Crippen molar-refractivity contribution >= 4 is 5.84 Å². The lowest BCUT2D eigenvalue weighted by Gasteiger charge is -2.09. The lowest BCUT2D eigenvalue weighted by Crippen LogP contribution is -2.16. The Labute approximate surface area is 99.6 Å². The molecule has 3 N–H and O–H groups in total. The predicted octanol–water partition coefficient (Wildman–Crippen LogP) is 1.33. The van der Waals surface area contributed by atoms with Crippen molar-refractivity contribution in [3.05, 3.63) is 29.1 Å². The Morgan fingerprint density at radius 1 is 1.65 bits per heavy atom. The number of aromatic nitrogens is 1. The first kappa shape index (κ1) is 11.4. The minimum absolute atomic E-state index is 0.000989. The summed E-state index contributed by atoms with van der Waals surface area (Å²) in [4.78, 5) is 4.26. The molecule has 0 bridgehead atoms. The zero-order chi connectivity index (χ0) is 12.5. The second-order valence-corrected chi connectivity index (χ2v) is 4.50. The van der Waals surface area contributed by atoms with Crippen molar-refractivity contribution < 1.29 is 5.21 Å². The largest absolute Gasteiger partial charge is 0.409 e. The van der Waals surface area contributed by atoms with Crippen molar-refractivity contribution in [3.63, 3.8) is 0 Å². The van der Waals surface area contributed by atoms with E-state index < -0.39 is 0 Å². The Balaban J connectivity index is 2.24. The molecule has 0 spiro atoms. The van der Waals surface area contributed by atoms with Crippen LogP contribution in [0.3, 0.4) is 0 Å². The third kappa shape index (κ3) is 2.21. The molecule has 88 valence electrons. The Hall–Kier alpha value is -2.09. The van der Waals surface area contributed by atoms with Gasteiger partial charge >= 0.3 is 0 Å². The van der Waals surface area contributed by atoms with Crippen LogP contribution in [0.4, 0.5) is 0 Å². The number of pyridine rings is 1. The highest BCUT2D eigenvalue weighted by molar-refractivity contribution is 5.95. The summed E-state index contributed by atoms with van der Waals surface area (Å²) in [6, 6.07) is 5.97. The van der Waals surface area contributed by atoms with Crippen molar-refractivity contribution in [1.29, 1.82) is 5.26 Å². The molecule has 0 amide bonds. The van der Waals surface area contributed by atoms with Crippen LogP contribution in [-0.2, 0) is 6.42 Å². The number of nitrogens with zero attached hydrogens (tertiary/aromatic N) is 3. The third-order valence-corrected chi connectivity index (χ3v) is 3.18. The molecule has 5 heteroatoms. The summed E-state index contributed by atoms with van der Waals surface area (Å²) in [5.41, 5.74) is 7.63. The average Bonchev–Trinajstić information content (AvgIpc) is 3.11. The number of rotatable bonds is 3. The first-order valence-electron chi connectivity index (χ1n) is 5.46. The van der Waals surface area contributed by atoms with Crippen molar-refractivity contribution in [2.75, 3.05) is 0 Å². The van der Waals surface area contributed by atoms with E-state index in [0.717, 1.165) is 30.5 Å². The number of hydrogen-bond donors (Lipinski definition) is 2. The van der Waals surface area contributed by atoms with E-state index in [1.54, 1.807) is 6.07 Å². The maximum Gasteiger partial charge on any atom is 0.188 e. The lowest BCUT2D eigenvalue weighted by atomic mass is 9.97. The molecule has 0 aliphatic heterocycles. The topological polar surface area (TPSA) is 95.3 Å². The van der Waals surface area contributed by atoms with Gasteiger partial charge in [-0.3, -0.25) is 0 Å². The van der Waals surface area contributed by atoms with Gasteiger partial charge < -0.3 is 10.9 Å². The van der Waals surface area contributed by atoms with E-state index in [0.29, 0.717) is 5.69 Å². The zero-order valence-corrected chi connectivity index (χ0v) is 9.64. The Morgan fingerprint density at radius 2 is 2.35 bits per heavy atom. The average molecular weight is 230 g/mol. The molecule has 1 fully saturated rings. The van der Waals surface area contributed by atoms with E-state index in [1.807, 2.05) is 13.0 Å². The maximum atomic E-state index is 9.05. The van der Waals surface area contributed by atoms with Crippen LogP contribution >= 0.6 is 0 Å². The van der Waals surface area contributed by atoms with Gasteiger partial charge in [-0.2, -0.15) is 5.26 Å². The first-order valence-corrected chi connectivity index (χ1v) is 5.46. The molecule has 5 nitrogen and oxygen atoms in total. The number of nitriles is 1. The summed E-state index contributed by atoms with van der Waals surface area (Å²) < 4.78 is 0. The van der Waals surface area contributed by atoms with Gasteiger partial charge in [0.1, 0.15) is 5.69 Å². The van der Waals surface area contributed by atoms with Gasteiger partial charge in [0.2, 0.25) is 0 Å². The van der Waals surface area contributed by atoms with Gasteiger partial charge in [0.15, 0.2) is 5.84 Å². The molecule has 0 unspecified atom stereocenters. The molecular formula is C12H14N4O. The van der Waals surface area contributed by atoms with Crippen molar-refractivity contribution in [1.82, 2.24) is 4.98 Å². The number of aryl methyl sites for hydroxylation is 1. The molecule has 1 aliphatic rings. The molecule has 17 heavy (non-hydrogen) atoms. The maximum absolute atomic E-state index is 9.05. The fourth-order valence-electron chi connectivity index (χ4n) is 1.81. The molecule has 1 aromatic heterocycles. The molecule has 1 aliphatic carbocycles. The third-order valence-electron chi connectivity index (χ3n) is 3.18. The van der Waals surface area contributed by atoms with Gasteiger partial charge in [-0.05, 0) is 37.8 Å². The second-order valence-electron chi connectivity index (χ2n) is 4.50. The van der Waals surface area contributed by atoms with E-state index in [4.69, 9.17) is 16.2 Å². The zero-order valence-electron chi connectivity index (χ0n) is 9.64. The fourth-order valence-corrected chi connectivity index (χ4v) is 1.81. The normalized spacial score (nSPS) is 17.5. The van der Waals surface area contributed by atoms with E-state index in [1.165, 1.54) is 0 Å². The van der Waals surface area contributed by atoms with Crippen molar-refractivity contribution in [3.8, 4) is 6.07 Å². The highest BCUT2D eigenvalue weighted by atomic mass is 16.4. The highest BCUT2D eigenvalue weighted by Gasteiger charge is 2.43.